The fourth-order valence-electron chi connectivity index (χ4n) is 0.842. The quantitative estimate of drug-likeness (QED) is 0.431. The van der Waals surface area contributed by atoms with Crippen molar-refractivity contribution in [3.8, 4) is 0 Å². The van der Waals surface area contributed by atoms with Gasteiger partial charge in [0, 0.05) is 12.1 Å². The van der Waals surface area contributed by atoms with Crippen molar-refractivity contribution in [2.24, 2.45) is 0 Å². The third-order valence-electron chi connectivity index (χ3n) is 1.56. The van der Waals surface area contributed by atoms with Crippen LogP contribution in [0.15, 0.2) is 30.6 Å². The van der Waals surface area contributed by atoms with E-state index >= 15 is 0 Å². The van der Waals surface area contributed by atoms with Crippen LogP contribution in [0.5, 0.6) is 0 Å². The van der Waals surface area contributed by atoms with Gasteiger partial charge in [0.2, 0.25) is 0 Å². The molecule has 0 amide bonds. The van der Waals surface area contributed by atoms with E-state index in [1.54, 1.807) is 0 Å². The zero-order chi connectivity index (χ0) is 13.6. The van der Waals surface area contributed by atoms with Crippen molar-refractivity contribution in [2.75, 3.05) is 0 Å². The maximum Gasteiger partial charge on any atom is 0.673 e. The minimum atomic E-state index is -6.00. The number of aromatic nitrogens is 1. The first-order chi connectivity index (χ1) is 7.91. The van der Waals surface area contributed by atoms with Gasteiger partial charge in [-0.05, 0) is 0 Å². The molecule has 0 unspecified atom stereocenters. The summed E-state index contributed by atoms with van der Waals surface area (Å²) >= 11 is 0. The lowest BCUT2D eigenvalue weighted by atomic mass is 10.2. The molecule has 0 fully saturated rings. The fourth-order valence-corrected chi connectivity index (χ4v) is 0.842. The smallest absolute Gasteiger partial charge is 0.418 e. The molecule has 1 nitrogen and oxygen atoms in total. The Hall–Kier alpha value is -1.07. The monoisotopic (exact) mass is 253 g/mol. The molecule has 0 aliphatic rings. The largest absolute Gasteiger partial charge is 0.673 e. The molecule has 0 spiro atoms. The average molecular weight is 253 g/mol. The van der Waals surface area contributed by atoms with Gasteiger partial charge in [-0.25, -0.2) is 4.98 Å². The Morgan fingerprint density at radius 1 is 0.824 bits per heavy atom. The van der Waals surface area contributed by atoms with E-state index in [9.17, 15) is 17.3 Å². The van der Waals surface area contributed by atoms with Crippen LogP contribution in [0.2, 0.25) is 0 Å². The number of hydrogen-bond acceptors (Lipinski definition) is 0. The highest BCUT2D eigenvalue weighted by molar-refractivity contribution is 6.50. The third kappa shape index (κ3) is 39.7. The zero-order valence-corrected chi connectivity index (χ0v) is 10.3. The van der Waals surface area contributed by atoms with Crippen LogP contribution in [0.3, 0.4) is 0 Å². The lowest BCUT2D eigenvalue weighted by Gasteiger charge is -1.94. The van der Waals surface area contributed by atoms with Gasteiger partial charge < -0.3 is 17.3 Å². The van der Waals surface area contributed by atoms with Crippen molar-refractivity contribution < 1.29 is 22.2 Å². The van der Waals surface area contributed by atoms with Gasteiger partial charge in [-0.3, -0.25) is 0 Å². The Morgan fingerprint density at radius 2 is 1.18 bits per heavy atom. The lowest BCUT2D eigenvalue weighted by Crippen LogP contribution is -2.02. The van der Waals surface area contributed by atoms with Crippen LogP contribution in [-0.4, -0.2) is 7.25 Å². The summed E-state index contributed by atoms with van der Waals surface area (Å²) in [7, 11) is -6.00. The maximum absolute atomic E-state index is 9.75. The zero-order valence-electron chi connectivity index (χ0n) is 10.3. The van der Waals surface area contributed by atoms with Crippen molar-refractivity contribution in [1.82, 2.24) is 0 Å². The Kier molecular flexibility index (Phi) is 14.0. The van der Waals surface area contributed by atoms with Gasteiger partial charge in [-0.15, -0.1) is 0 Å². The predicted molar refractivity (Wildman–Crippen MR) is 63.0 cm³/mol. The first-order valence-electron chi connectivity index (χ1n) is 5.70. The normalized spacial score (nSPS) is 9.53. The van der Waals surface area contributed by atoms with Crippen LogP contribution in [0.1, 0.15) is 39.5 Å². The first kappa shape index (κ1) is 18.3. The van der Waals surface area contributed by atoms with E-state index in [1.165, 1.54) is 25.7 Å². The molecular formula is C11H20BF4N. The second-order valence-corrected chi connectivity index (χ2v) is 3.28. The number of halogens is 4. The molecule has 0 atom stereocenters. The van der Waals surface area contributed by atoms with Gasteiger partial charge in [0.1, 0.15) is 0 Å². The highest BCUT2D eigenvalue weighted by Crippen LogP contribution is 2.06. The maximum atomic E-state index is 9.75. The van der Waals surface area contributed by atoms with Crippen molar-refractivity contribution in [3.05, 3.63) is 30.6 Å². The molecule has 100 valence electrons. The van der Waals surface area contributed by atoms with Crippen LogP contribution in [0.25, 0.3) is 0 Å². The summed E-state index contributed by atoms with van der Waals surface area (Å²) in [5.74, 6) is 0. The van der Waals surface area contributed by atoms with Gasteiger partial charge in [-0.1, -0.05) is 45.6 Å². The number of H-pyrrole nitrogens is 1. The molecule has 0 aliphatic heterocycles. The summed E-state index contributed by atoms with van der Waals surface area (Å²) < 4.78 is 39.0. The molecule has 0 bridgehead atoms. The standard InChI is InChI=1S/C6H14.C5H5N.BF4/c1-3-5-6-4-2;1-2-4-6-5-3-1;2-1(3,4)5/h3-6H2,1-2H3;1-5H;/q;;-1/p+1. The molecule has 1 aromatic heterocycles. The summed E-state index contributed by atoms with van der Waals surface area (Å²) in [5.41, 5.74) is 0. The SMILES string of the molecule is CCCCCC.F[B-](F)(F)F.c1cc[nH+]cc1. The van der Waals surface area contributed by atoms with E-state index in [2.05, 4.69) is 18.8 Å². The molecule has 1 aromatic rings. The minimum Gasteiger partial charge on any atom is -0.418 e. The molecule has 6 heteroatoms. The second-order valence-electron chi connectivity index (χ2n) is 3.28. The van der Waals surface area contributed by atoms with Gasteiger partial charge in [0.25, 0.3) is 0 Å². The summed E-state index contributed by atoms with van der Waals surface area (Å²) in [4.78, 5) is 2.89. The predicted octanol–water partition coefficient (Wildman–Crippen LogP) is 4.39. The van der Waals surface area contributed by atoms with E-state index < -0.39 is 7.25 Å². The van der Waals surface area contributed by atoms with Crippen LogP contribution >= 0.6 is 0 Å². The van der Waals surface area contributed by atoms with Crippen molar-refractivity contribution in [1.29, 1.82) is 0 Å². The lowest BCUT2D eigenvalue weighted by molar-refractivity contribution is -0.377. The molecule has 0 radical (unpaired) electrons. The topological polar surface area (TPSA) is 14.1 Å². The average Bonchev–Trinajstić information content (AvgIpc) is 2.27. The summed E-state index contributed by atoms with van der Waals surface area (Å²) in [5, 5.41) is 0. The fraction of sp³-hybridized carbons (Fsp3) is 0.545. The second kappa shape index (κ2) is 13.0. The van der Waals surface area contributed by atoms with E-state index in [0.717, 1.165) is 0 Å². The molecule has 0 aliphatic carbocycles. The highest BCUT2D eigenvalue weighted by atomic mass is 19.5. The van der Waals surface area contributed by atoms with Crippen LogP contribution in [-0.2, 0) is 0 Å². The van der Waals surface area contributed by atoms with Crippen LogP contribution in [0, 0.1) is 0 Å². The van der Waals surface area contributed by atoms with E-state index in [0.29, 0.717) is 0 Å². The van der Waals surface area contributed by atoms with Crippen LogP contribution < -0.4 is 4.98 Å². The van der Waals surface area contributed by atoms with Crippen LogP contribution in [0.4, 0.5) is 17.3 Å². The van der Waals surface area contributed by atoms with Gasteiger partial charge in [0.15, 0.2) is 12.4 Å². The highest BCUT2D eigenvalue weighted by Gasteiger charge is 2.20. The molecule has 0 saturated heterocycles. The molecule has 17 heavy (non-hydrogen) atoms. The van der Waals surface area contributed by atoms with Crippen molar-refractivity contribution >= 4 is 7.25 Å². The van der Waals surface area contributed by atoms with Gasteiger partial charge in [-0.2, -0.15) is 0 Å². The minimum absolute atomic E-state index is 1.36. The van der Waals surface area contributed by atoms with E-state index in [-0.39, 0.29) is 0 Å². The van der Waals surface area contributed by atoms with Gasteiger partial charge in [0.05, 0.1) is 0 Å². The first-order valence-corrected chi connectivity index (χ1v) is 5.70. The molecule has 0 saturated carbocycles. The Bertz CT molecular complexity index is 192. The molecule has 1 rings (SSSR count). The van der Waals surface area contributed by atoms with Crippen molar-refractivity contribution in [2.45, 2.75) is 39.5 Å². The molecule has 0 aromatic carbocycles. The number of aromatic amines is 1. The Labute approximate surface area is 100 Å². The van der Waals surface area contributed by atoms with E-state index in [1.807, 2.05) is 30.6 Å². The molecular weight excluding hydrogens is 233 g/mol. The van der Waals surface area contributed by atoms with E-state index in [4.69, 9.17) is 0 Å². The summed E-state index contributed by atoms with van der Waals surface area (Å²) in [6.45, 7) is 4.46. The number of hydrogen-bond donors (Lipinski definition) is 0. The Morgan fingerprint density at radius 3 is 1.29 bits per heavy atom. The number of nitrogens with one attached hydrogen (secondary N) is 1. The third-order valence-corrected chi connectivity index (χ3v) is 1.56. The molecule has 1 heterocycles. The molecule has 1 N–H and O–H groups in total. The number of pyridine rings is 1. The summed E-state index contributed by atoms with van der Waals surface area (Å²) in [6, 6.07) is 5.86. The Balaban J connectivity index is 0. The van der Waals surface area contributed by atoms with Crippen molar-refractivity contribution in [3.63, 3.8) is 0 Å². The summed E-state index contributed by atoms with van der Waals surface area (Å²) in [6.07, 6.45) is 9.29. The van der Waals surface area contributed by atoms with Gasteiger partial charge >= 0.3 is 7.25 Å². The number of rotatable bonds is 3. The number of unbranched alkanes of at least 4 members (excludes halogenated alkanes) is 3.